The number of benzene rings is 1. The molecular weight excluding hydrogens is 304 g/mol. The zero-order valence-electron chi connectivity index (χ0n) is 9.89. The standard InChI is InChI=1S/C12H16BrClN2O/c1-3-8(2)15-7-12(17)16-11-6-9(14)4-5-10(11)13/h4-6,8,15H,3,7H2,1-2H3,(H,16,17). The van der Waals surface area contributed by atoms with Gasteiger partial charge in [-0.3, -0.25) is 4.79 Å². The van der Waals surface area contributed by atoms with Crippen LogP contribution in [0.2, 0.25) is 5.02 Å². The average Bonchev–Trinajstić information content (AvgIpc) is 2.30. The lowest BCUT2D eigenvalue weighted by Crippen LogP contribution is -2.34. The van der Waals surface area contributed by atoms with Gasteiger partial charge in [-0.2, -0.15) is 0 Å². The van der Waals surface area contributed by atoms with Crippen molar-refractivity contribution in [2.24, 2.45) is 0 Å². The number of hydrogen-bond donors (Lipinski definition) is 2. The molecule has 1 unspecified atom stereocenters. The summed E-state index contributed by atoms with van der Waals surface area (Å²) in [5, 5.41) is 6.52. The van der Waals surface area contributed by atoms with Crippen LogP contribution in [0.4, 0.5) is 5.69 Å². The quantitative estimate of drug-likeness (QED) is 0.873. The van der Waals surface area contributed by atoms with Crippen LogP contribution in [-0.4, -0.2) is 18.5 Å². The van der Waals surface area contributed by atoms with Gasteiger partial charge < -0.3 is 10.6 Å². The second-order valence-electron chi connectivity index (χ2n) is 3.86. The van der Waals surface area contributed by atoms with Crippen molar-refractivity contribution in [3.05, 3.63) is 27.7 Å². The summed E-state index contributed by atoms with van der Waals surface area (Å²) >= 11 is 9.22. The molecule has 1 aromatic carbocycles. The van der Waals surface area contributed by atoms with Crippen molar-refractivity contribution in [2.45, 2.75) is 26.3 Å². The molecule has 17 heavy (non-hydrogen) atoms. The zero-order valence-corrected chi connectivity index (χ0v) is 12.2. The number of nitrogens with one attached hydrogen (secondary N) is 2. The molecule has 2 N–H and O–H groups in total. The molecule has 94 valence electrons. The van der Waals surface area contributed by atoms with Crippen LogP contribution in [0.3, 0.4) is 0 Å². The van der Waals surface area contributed by atoms with Crippen LogP contribution in [0.5, 0.6) is 0 Å². The van der Waals surface area contributed by atoms with Gasteiger partial charge in [0, 0.05) is 15.5 Å². The Labute approximate surface area is 115 Å². The maximum absolute atomic E-state index is 11.7. The molecule has 0 saturated carbocycles. The van der Waals surface area contributed by atoms with E-state index in [1.165, 1.54) is 0 Å². The topological polar surface area (TPSA) is 41.1 Å². The highest BCUT2D eigenvalue weighted by molar-refractivity contribution is 9.10. The summed E-state index contributed by atoms with van der Waals surface area (Å²) in [6, 6.07) is 5.62. The molecule has 3 nitrogen and oxygen atoms in total. The first-order valence-electron chi connectivity index (χ1n) is 5.51. The Morgan fingerprint density at radius 3 is 2.88 bits per heavy atom. The molecule has 0 aliphatic rings. The zero-order chi connectivity index (χ0) is 12.8. The number of rotatable bonds is 5. The number of halogens is 2. The smallest absolute Gasteiger partial charge is 0.238 e. The van der Waals surface area contributed by atoms with Crippen molar-refractivity contribution in [1.82, 2.24) is 5.32 Å². The van der Waals surface area contributed by atoms with Crippen molar-refractivity contribution < 1.29 is 4.79 Å². The average molecular weight is 320 g/mol. The Morgan fingerprint density at radius 1 is 1.53 bits per heavy atom. The molecule has 0 aliphatic heterocycles. The van der Waals surface area contributed by atoms with Gasteiger partial charge in [0.1, 0.15) is 0 Å². The van der Waals surface area contributed by atoms with Gasteiger partial charge in [0.05, 0.1) is 12.2 Å². The number of carbonyl (C=O) groups is 1. The summed E-state index contributed by atoms with van der Waals surface area (Å²) in [7, 11) is 0. The maximum Gasteiger partial charge on any atom is 0.238 e. The van der Waals surface area contributed by atoms with Crippen molar-refractivity contribution in [2.75, 3.05) is 11.9 Å². The van der Waals surface area contributed by atoms with Gasteiger partial charge in [0.15, 0.2) is 0 Å². The fraction of sp³-hybridized carbons (Fsp3) is 0.417. The predicted octanol–water partition coefficient (Wildman–Crippen LogP) is 3.43. The molecule has 0 bridgehead atoms. The highest BCUT2D eigenvalue weighted by Crippen LogP contribution is 2.25. The van der Waals surface area contributed by atoms with Gasteiger partial charge in [0.2, 0.25) is 5.91 Å². The van der Waals surface area contributed by atoms with Crippen LogP contribution >= 0.6 is 27.5 Å². The van der Waals surface area contributed by atoms with Gasteiger partial charge in [-0.15, -0.1) is 0 Å². The molecule has 0 radical (unpaired) electrons. The molecular formula is C12H16BrClN2O. The van der Waals surface area contributed by atoms with E-state index in [0.717, 1.165) is 10.9 Å². The molecule has 1 aromatic rings. The van der Waals surface area contributed by atoms with Crippen LogP contribution in [0.25, 0.3) is 0 Å². The molecule has 1 amide bonds. The predicted molar refractivity (Wildman–Crippen MR) is 75.5 cm³/mol. The number of hydrogen-bond acceptors (Lipinski definition) is 2. The van der Waals surface area contributed by atoms with Gasteiger partial charge >= 0.3 is 0 Å². The van der Waals surface area contributed by atoms with E-state index in [-0.39, 0.29) is 5.91 Å². The van der Waals surface area contributed by atoms with Crippen molar-refractivity contribution >= 4 is 39.1 Å². The molecule has 0 saturated heterocycles. The lowest BCUT2D eigenvalue weighted by molar-refractivity contribution is -0.115. The summed E-state index contributed by atoms with van der Waals surface area (Å²) in [4.78, 5) is 11.7. The highest BCUT2D eigenvalue weighted by atomic mass is 79.9. The van der Waals surface area contributed by atoms with Gasteiger partial charge in [-0.1, -0.05) is 18.5 Å². The van der Waals surface area contributed by atoms with E-state index in [0.29, 0.717) is 23.3 Å². The second kappa shape index (κ2) is 6.99. The third-order valence-electron chi connectivity index (χ3n) is 2.43. The number of anilines is 1. The van der Waals surface area contributed by atoms with E-state index in [4.69, 9.17) is 11.6 Å². The molecule has 0 aliphatic carbocycles. The van der Waals surface area contributed by atoms with E-state index < -0.39 is 0 Å². The van der Waals surface area contributed by atoms with E-state index >= 15 is 0 Å². The normalized spacial score (nSPS) is 12.2. The largest absolute Gasteiger partial charge is 0.324 e. The first kappa shape index (κ1) is 14.5. The van der Waals surface area contributed by atoms with E-state index in [1.54, 1.807) is 18.2 Å². The Kier molecular flexibility index (Phi) is 5.95. The third kappa shape index (κ3) is 5.06. The summed E-state index contributed by atoms with van der Waals surface area (Å²) in [5.74, 6) is -0.0757. The molecule has 1 rings (SSSR count). The van der Waals surface area contributed by atoms with Crippen molar-refractivity contribution in [3.8, 4) is 0 Å². The molecule has 0 fully saturated rings. The highest BCUT2D eigenvalue weighted by Gasteiger charge is 2.07. The third-order valence-corrected chi connectivity index (χ3v) is 3.35. The molecule has 0 spiro atoms. The molecule has 0 heterocycles. The molecule has 5 heteroatoms. The first-order chi connectivity index (χ1) is 8.02. The van der Waals surface area contributed by atoms with Crippen LogP contribution in [-0.2, 0) is 4.79 Å². The minimum Gasteiger partial charge on any atom is -0.324 e. The number of carbonyl (C=O) groups excluding carboxylic acids is 1. The molecule has 0 aromatic heterocycles. The summed E-state index contributed by atoms with van der Waals surface area (Å²) in [6.07, 6.45) is 0.994. The Morgan fingerprint density at radius 2 is 2.24 bits per heavy atom. The van der Waals surface area contributed by atoms with Crippen LogP contribution in [0.15, 0.2) is 22.7 Å². The van der Waals surface area contributed by atoms with Crippen LogP contribution < -0.4 is 10.6 Å². The number of amides is 1. The van der Waals surface area contributed by atoms with E-state index in [2.05, 4.69) is 33.5 Å². The van der Waals surface area contributed by atoms with Crippen molar-refractivity contribution in [3.63, 3.8) is 0 Å². The van der Waals surface area contributed by atoms with Crippen LogP contribution in [0.1, 0.15) is 20.3 Å². The molecule has 1 atom stereocenters. The fourth-order valence-electron chi connectivity index (χ4n) is 1.20. The van der Waals surface area contributed by atoms with Gasteiger partial charge in [-0.05, 0) is 47.5 Å². The first-order valence-corrected chi connectivity index (χ1v) is 6.68. The Hall–Kier alpha value is -0.580. The SMILES string of the molecule is CCC(C)NCC(=O)Nc1cc(Cl)ccc1Br. The minimum absolute atomic E-state index is 0.0757. The van der Waals surface area contributed by atoms with E-state index in [1.807, 2.05) is 6.92 Å². The maximum atomic E-state index is 11.7. The van der Waals surface area contributed by atoms with Gasteiger partial charge in [0.25, 0.3) is 0 Å². The summed E-state index contributed by atoms with van der Waals surface area (Å²) < 4.78 is 0.818. The fourth-order valence-corrected chi connectivity index (χ4v) is 1.72. The summed E-state index contributed by atoms with van der Waals surface area (Å²) in [5.41, 5.74) is 0.688. The second-order valence-corrected chi connectivity index (χ2v) is 5.15. The van der Waals surface area contributed by atoms with Gasteiger partial charge in [-0.25, -0.2) is 0 Å². The lowest BCUT2D eigenvalue weighted by atomic mass is 10.2. The van der Waals surface area contributed by atoms with Crippen molar-refractivity contribution in [1.29, 1.82) is 0 Å². The van der Waals surface area contributed by atoms with Crippen LogP contribution in [0, 0.1) is 0 Å². The minimum atomic E-state index is -0.0757. The monoisotopic (exact) mass is 318 g/mol. The Bertz CT molecular complexity index is 398. The lowest BCUT2D eigenvalue weighted by Gasteiger charge is -2.12. The van der Waals surface area contributed by atoms with E-state index in [9.17, 15) is 4.79 Å². The summed E-state index contributed by atoms with van der Waals surface area (Å²) in [6.45, 7) is 4.42. The Balaban J connectivity index is 2.53.